The topological polar surface area (TPSA) is 216 Å². The summed E-state index contributed by atoms with van der Waals surface area (Å²) in [5, 5.41) is 42.2. The molecule has 0 spiro atoms. The molecule has 0 unspecified atom stereocenters. The van der Waals surface area contributed by atoms with Crippen LogP contribution in [-0.2, 0) is 28.7 Å². The van der Waals surface area contributed by atoms with Crippen LogP contribution in [0.4, 0.5) is 4.79 Å². The molecular formula is C50H93N5O10. The number of allylic oxidation sites excluding steroid dienone is 2. The maximum atomic E-state index is 14.1. The number of nitrogens with zero attached hydrogens (tertiary/aromatic N) is 1. The van der Waals surface area contributed by atoms with E-state index in [9.17, 15) is 39.3 Å². The average molecular weight is 924 g/mol. The van der Waals surface area contributed by atoms with E-state index < -0.39 is 85.7 Å². The van der Waals surface area contributed by atoms with Crippen molar-refractivity contribution in [2.45, 2.75) is 251 Å². The third-order valence-electron chi connectivity index (χ3n) is 11.8. The molecule has 0 aliphatic carbocycles. The number of rotatable bonds is 37. The Morgan fingerprint density at radius 2 is 1.14 bits per heavy atom. The number of aliphatic hydroxyl groups excluding tert-OH is 3. The second-order valence-corrected chi connectivity index (χ2v) is 19.0. The molecule has 1 rings (SSSR count). The summed E-state index contributed by atoms with van der Waals surface area (Å²) in [4.78, 5) is 65.9. The van der Waals surface area contributed by atoms with Crippen LogP contribution < -0.4 is 21.3 Å². The third kappa shape index (κ3) is 29.2. The van der Waals surface area contributed by atoms with E-state index >= 15 is 0 Å². The zero-order valence-corrected chi connectivity index (χ0v) is 41.5. The Labute approximate surface area is 392 Å². The molecule has 378 valence electrons. The van der Waals surface area contributed by atoms with Gasteiger partial charge in [-0.15, -0.1) is 0 Å². The molecular weight excluding hydrogens is 831 g/mol. The van der Waals surface area contributed by atoms with E-state index in [1.165, 1.54) is 102 Å². The van der Waals surface area contributed by atoms with E-state index in [1.54, 1.807) is 20.8 Å². The van der Waals surface area contributed by atoms with Crippen LogP contribution in [-0.4, -0.2) is 118 Å². The van der Waals surface area contributed by atoms with Gasteiger partial charge in [0.1, 0.15) is 42.5 Å². The molecule has 65 heavy (non-hydrogen) atoms. The quantitative estimate of drug-likeness (QED) is 0.0239. The molecule has 1 aliphatic rings. The van der Waals surface area contributed by atoms with Crippen molar-refractivity contribution < 1.29 is 48.8 Å². The van der Waals surface area contributed by atoms with E-state index in [2.05, 4.69) is 47.3 Å². The first kappa shape index (κ1) is 59.7. The SMILES string of the molecule is CCCCCCCC/C=C\CCCCCCCC(=O)N(CCCCCCCCCCCCCC)[C@@H]1O[C@H](CO)[C@@H](O)[C@H](O)[C@H]1NC(=O)[C@H](C)NC(=O)CNC(=O)CNC(=O)OC(C)(C)C. The largest absolute Gasteiger partial charge is 0.444 e. The number of unbranched alkanes of at least 4 members (excludes halogenated alkanes) is 22. The number of nitrogens with one attached hydrogen (secondary N) is 4. The molecule has 1 fully saturated rings. The van der Waals surface area contributed by atoms with E-state index in [0.717, 1.165) is 57.8 Å². The first-order valence-corrected chi connectivity index (χ1v) is 25.5. The standard InChI is InChI=1S/C50H93N5O10/c1-7-9-11-13-15-17-19-21-22-23-24-26-28-30-32-34-43(59)55(35-33-31-29-27-25-20-18-16-14-12-10-8-2)48-44(46(61)45(60)40(38-56)64-48)54-47(62)39(3)53-42(58)37-51-41(57)36-52-49(63)65-50(4,5)6/h21-22,39-40,44-46,48,56,60-61H,7-20,23-38H2,1-6H3,(H,51,57)(H,52,63)(H,53,58)(H,54,62)/b22-21-/t39-,40+,44+,45+,46+,48+/m0/s1. The highest BCUT2D eigenvalue weighted by atomic mass is 16.6. The monoisotopic (exact) mass is 924 g/mol. The van der Waals surface area contributed by atoms with Gasteiger partial charge >= 0.3 is 6.09 Å². The fourth-order valence-electron chi connectivity index (χ4n) is 7.88. The zero-order valence-electron chi connectivity index (χ0n) is 41.5. The van der Waals surface area contributed by atoms with Gasteiger partial charge in [0.2, 0.25) is 23.6 Å². The molecule has 0 aromatic rings. The molecule has 0 aromatic carbocycles. The fourth-order valence-corrected chi connectivity index (χ4v) is 7.88. The number of ether oxygens (including phenoxy) is 2. The van der Waals surface area contributed by atoms with Crippen LogP contribution in [0.15, 0.2) is 12.2 Å². The normalized spacial score (nSPS) is 19.1. The lowest BCUT2D eigenvalue weighted by Gasteiger charge is -2.47. The maximum absolute atomic E-state index is 14.1. The van der Waals surface area contributed by atoms with Crippen molar-refractivity contribution >= 4 is 29.7 Å². The van der Waals surface area contributed by atoms with E-state index in [0.29, 0.717) is 19.4 Å². The summed E-state index contributed by atoms with van der Waals surface area (Å²) in [5.74, 6) is -2.27. The second-order valence-electron chi connectivity index (χ2n) is 19.0. The second kappa shape index (κ2) is 36.8. The Morgan fingerprint density at radius 3 is 1.65 bits per heavy atom. The number of aliphatic hydroxyl groups is 3. The average Bonchev–Trinajstić information content (AvgIpc) is 3.26. The van der Waals surface area contributed by atoms with E-state index in [-0.39, 0.29) is 12.3 Å². The summed E-state index contributed by atoms with van der Waals surface area (Å²) in [6.45, 7) is 9.70. The van der Waals surface area contributed by atoms with Crippen LogP contribution in [0, 0.1) is 0 Å². The molecule has 1 saturated heterocycles. The first-order chi connectivity index (χ1) is 31.1. The van der Waals surface area contributed by atoms with Crippen LogP contribution >= 0.6 is 0 Å². The Bertz CT molecular complexity index is 1330. The summed E-state index contributed by atoms with van der Waals surface area (Å²) < 4.78 is 11.2. The first-order valence-electron chi connectivity index (χ1n) is 25.5. The van der Waals surface area contributed by atoms with Gasteiger partial charge in [-0.1, -0.05) is 148 Å². The third-order valence-corrected chi connectivity index (χ3v) is 11.8. The summed E-state index contributed by atoms with van der Waals surface area (Å²) in [6, 6.07) is -2.44. The van der Waals surface area contributed by atoms with Gasteiger partial charge in [-0.3, -0.25) is 19.2 Å². The molecule has 1 aliphatic heterocycles. The molecule has 1 heterocycles. The Morgan fingerprint density at radius 1 is 0.662 bits per heavy atom. The highest BCUT2D eigenvalue weighted by Crippen LogP contribution is 2.26. The summed E-state index contributed by atoms with van der Waals surface area (Å²) in [5.41, 5.74) is -0.751. The Kier molecular flexibility index (Phi) is 33.8. The lowest BCUT2D eigenvalue weighted by molar-refractivity contribution is -0.231. The van der Waals surface area contributed by atoms with Gasteiger partial charge in [0.05, 0.1) is 13.2 Å². The van der Waals surface area contributed by atoms with Crippen molar-refractivity contribution in [3.63, 3.8) is 0 Å². The summed E-state index contributed by atoms with van der Waals surface area (Å²) >= 11 is 0. The molecule has 7 N–H and O–H groups in total. The number of hydrogen-bond donors (Lipinski definition) is 7. The molecule has 0 bridgehead atoms. The smallest absolute Gasteiger partial charge is 0.408 e. The lowest BCUT2D eigenvalue weighted by Crippen LogP contribution is -2.69. The van der Waals surface area contributed by atoms with Crippen molar-refractivity contribution in [3.8, 4) is 0 Å². The highest BCUT2D eigenvalue weighted by molar-refractivity contribution is 5.91. The number of hydrogen-bond acceptors (Lipinski definition) is 10. The minimum atomic E-state index is -1.60. The number of carbonyl (C=O) groups is 5. The highest BCUT2D eigenvalue weighted by Gasteiger charge is 2.48. The van der Waals surface area contributed by atoms with Gasteiger partial charge in [-0.05, 0) is 66.2 Å². The van der Waals surface area contributed by atoms with Crippen LogP contribution in [0.3, 0.4) is 0 Å². The van der Waals surface area contributed by atoms with Gasteiger partial charge in [0.25, 0.3) is 0 Å². The number of carbonyl (C=O) groups excluding carboxylic acids is 5. The van der Waals surface area contributed by atoms with Crippen molar-refractivity contribution in [3.05, 3.63) is 12.2 Å². The molecule has 15 heteroatoms. The van der Waals surface area contributed by atoms with Crippen LogP contribution in [0.2, 0.25) is 0 Å². The van der Waals surface area contributed by atoms with Gasteiger partial charge in [0, 0.05) is 13.0 Å². The lowest BCUT2D eigenvalue weighted by atomic mass is 9.94. The molecule has 15 nitrogen and oxygen atoms in total. The van der Waals surface area contributed by atoms with Crippen LogP contribution in [0.25, 0.3) is 0 Å². The van der Waals surface area contributed by atoms with E-state index in [4.69, 9.17) is 9.47 Å². The van der Waals surface area contributed by atoms with Crippen LogP contribution in [0.1, 0.15) is 208 Å². The Balaban J connectivity index is 2.88. The van der Waals surface area contributed by atoms with Crippen molar-refractivity contribution in [2.24, 2.45) is 0 Å². The number of amides is 5. The number of alkyl carbamates (subject to hydrolysis) is 1. The molecule has 6 atom stereocenters. The maximum Gasteiger partial charge on any atom is 0.408 e. The predicted octanol–water partition coefficient (Wildman–Crippen LogP) is 7.62. The van der Waals surface area contributed by atoms with Gasteiger partial charge in [0.15, 0.2) is 6.23 Å². The van der Waals surface area contributed by atoms with E-state index in [1.807, 2.05) is 0 Å². The van der Waals surface area contributed by atoms with Gasteiger partial charge < -0.3 is 51.0 Å². The molecule has 0 aromatic heterocycles. The van der Waals surface area contributed by atoms with Crippen molar-refractivity contribution in [1.29, 1.82) is 0 Å². The minimum Gasteiger partial charge on any atom is -0.444 e. The summed E-state index contributed by atoms with van der Waals surface area (Å²) in [6.07, 6.45) is 26.9. The van der Waals surface area contributed by atoms with Crippen molar-refractivity contribution in [1.82, 2.24) is 26.2 Å². The van der Waals surface area contributed by atoms with Crippen LogP contribution in [0.5, 0.6) is 0 Å². The minimum absolute atomic E-state index is 0.200. The van der Waals surface area contributed by atoms with Crippen molar-refractivity contribution in [2.75, 3.05) is 26.2 Å². The molecule has 5 amide bonds. The Hall–Kier alpha value is -3.27. The zero-order chi connectivity index (χ0) is 48.3. The fraction of sp³-hybridized carbons (Fsp3) is 0.860. The van der Waals surface area contributed by atoms with Gasteiger partial charge in [-0.2, -0.15) is 0 Å². The molecule has 0 radical (unpaired) electrons. The summed E-state index contributed by atoms with van der Waals surface area (Å²) in [7, 11) is 0. The molecule has 0 saturated carbocycles. The van der Waals surface area contributed by atoms with Gasteiger partial charge in [-0.25, -0.2) is 4.79 Å². The predicted molar refractivity (Wildman–Crippen MR) is 257 cm³/mol.